The smallest absolute Gasteiger partial charge is 0.375 e. The van der Waals surface area contributed by atoms with E-state index in [1.807, 2.05) is 0 Å². The van der Waals surface area contributed by atoms with Crippen molar-refractivity contribution in [3.05, 3.63) is 71.8 Å². The van der Waals surface area contributed by atoms with E-state index < -0.39 is 35.0 Å². The molecule has 0 aliphatic carbocycles. The number of ether oxygens (including phenoxy) is 1. The van der Waals surface area contributed by atoms with Crippen LogP contribution in [0.15, 0.2) is 60.7 Å². The van der Waals surface area contributed by atoms with Gasteiger partial charge in [0.15, 0.2) is 5.78 Å². The maximum Gasteiger partial charge on any atom is 0.375 e. The van der Waals surface area contributed by atoms with Crippen molar-refractivity contribution < 1.29 is 29.0 Å². The molecule has 0 aromatic heterocycles. The van der Waals surface area contributed by atoms with Gasteiger partial charge in [-0.25, -0.2) is 9.59 Å². The largest absolute Gasteiger partial charge is 0.475 e. The second kappa shape index (κ2) is 8.37. The third kappa shape index (κ3) is 3.93. The Balaban J connectivity index is 2.65. The van der Waals surface area contributed by atoms with E-state index in [0.717, 1.165) is 0 Å². The van der Waals surface area contributed by atoms with Crippen LogP contribution in [-0.2, 0) is 23.9 Å². The molecule has 140 valence electrons. The van der Waals surface area contributed by atoms with Crippen molar-refractivity contribution in [1.29, 1.82) is 0 Å². The van der Waals surface area contributed by atoms with Crippen molar-refractivity contribution in [2.45, 2.75) is 18.4 Å². The van der Waals surface area contributed by atoms with Crippen molar-refractivity contribution in [3.63, 3.8) is 0 Å². The van der Waals surface area contributed by atoms with Gasteiger partial charge in [-0.3, -0.25) is 9.59 Å². The van der Waals surface area contributed by atoms with Crippen molar-refractivity contribution in [3.8, 4) is 0 Å². The topological polar surface area (TPSA) is 124 Å². The van der Waals surface area contributed by atoms with Crippen LogP contribution in [0.2, 0.25) is 0 Å². The molecule has 2 aromatic carbocycles. The number of rotatable bonds is 8. The Labute approximate surface area is 155 Å². The van der Waals surface area contributed by atoms with E-state index in [0.29, 0.717) is 11.1 Å². The molecule has 7 nitrogen and oxygen atoms in total. The zero-order valence-electron chi connectivity index (χ0n) is 14.6. The molecule has 0 fully saturated rings. The number of carboxylic acids is 1. The Bertz CT molecular complexity index is 810. The number of aliphatic carboxylic acids is 1. The van der Waals surface area contributed by atoms with Crippen LogP contribution >= 0.6 is 0 Å². The maximum absolute atomic E-state index is 13.3. The van der Waals surface area contributed by atoms with E-state index in [4.69, 9.17) is 15.6 Å². The lowest BCUT2D eigenvalue weighted by molar-refractivity contribution is -0.163. The summed E-state index contributed by atoms with van der Waals surface area (Å²) in [5, 5.41) is 9.12. The Morgan fingerprint density at radius 3 is 1.78 bits per heavy atom. The van der Waals surface area contributed by atoms with Crippen LogP contribution in [0.25, 0.3) is 0 Å². The second-order valence-corrected chi connectivity index (χ2v) is 5.78. The van der Waals surface area contributed by atoms with Crippen LogP contribution < -0.4 is 5.73 Å². The molecule has 0 aliphatic rings. The lowest BCUT2D eigenvalue weighted by atomic mass is 9.76. The van der Waals surface area contributed by atoms with E-state index in [2.05, 4.69) is 0 Å². The number of ketones is 2. The van der Waals surface area contributed by atoms with Crippen LogP contribution in [0.1, 0.15) is 24.0 Å². The average Bonchev–Trinajstić information content (AvgIpc) is 2.68. The van der Waals surface area contributed by atoms with Crippen LogP contribution in [-0.4, -0.2) is 40.8 Å². The second-order valence-electron chi connectivity index (χ2n) is 5.78. The van der Waals surface area contributed by atoms with Crippen molar-refractivity contribution in [1.82, 2.24) is 0 Å². The molecule has 2 aromatic rings. The highest BCUT2D eigenvalue weighted by molar-refractivity contribution is 6.48. The maximum atomic E-state index is 13.3. The minimum absolute atomic E-state index is 0.167. The molecule has 2 rings (SSSR count). The number of hydrogen-bond acceptors (Lipinski definition) is 6. The van der Waals surface area contributed by atoms with Crippen LogP contribution in [0.4, 0.5) is 0 Å². The first-order valence-corrected chi connectivity index (χ1v) is 8.22. The first-order valence-electron chi connectivity index (χ1n) is 8.22. The number of esters is 1. The molecule has 7 heteroatoms. The number of nitrogens with two attached hydrogens (primary N) is 1. The number of carbonyl (C=O) groups is 4. The number of benzene rings is 2. The molecule has 3 N–H and O–H groups in total. The third-order valence-corrected chi connectivity index (χ3v) is 4.07. The van der Waals surface area contributed by atoms with Gasteiger partial charge in [0.1, 0.15) is 0 Å². The fourth-order valence-corrected chi connectivity index (χ4v) is 2.73. The number of carboxylic acid groups (broad SMARTS) is 1. The van der Waals surface area contributed by atoms with Crippen LogP contribution in [0.3, 0.4) is 0 Å². The average molecular weight is 369 g/mol. The first kappa shape index (κ1) is 20.0. The molecule has 1 unspecified atom stereocenters. The molecule has 0 heterocycles. The predicted molar refractivity (Wildman–Crippen MR) is 95.9 cm³/mol. The summed E-state index contributed by atoms with van der Waals surface area (Å²) in [6.07, 6.45) is 0. The molecule has 0 aliphatic heterocycles. The molecule has 0 amide bonds. The van der Waals surface area contributed by atoms with Gasteiger partial charge in [-0.2, -0.15) is 0 Å². The summed E-state index contributed by atoms with van der Waals surface area (Å²) < 4.78 is 4.75. The summed E-state index contributed by atoms with van der Waals surface area (Å²) in [7, 11) is 0. The Morgan fingerprint density at radius 1 is 0.963 bits per heavy atom. The van der Waals surface area contributed by atoms with Gasteiger partial charge < -0.3 is 15.6 Å². The predicted octanol–water partition coefficient (Wildman–Crippen LogP) is 1.30. The minimum Gasteiger partial charge on any atom is -0.475 e. The van der Waals surface area contributed by atoms with Gasteiger partial charge in [-0.05, 0) is 18.1 Å². The van der Waals surface area contributed by atoms with Gasteiger partial charge in [0.05, 0.1) is 12.5 Å². The fourth-order valence-electron chi connectivity index (χ4n) is 2.73. The van der Waals surface area contributed by atoms with E-state index >= 15 is 0 Å². The van der Waals surface area contributed by atoms with E-state index in [-0.39, 0.29) is 6.61 Å². The highest BCUT2D eigenvalue weighted by atomic mass is 16.5. The number of carbonyl (C=O) groups excluding carboxylic acids is 3. The molecule has 0 spiro atoms. The standard InChI is InChI=1S/C20H19NO6/c1-2-27-19(26)20(21,17(23)18(24)25)16(22)15(13-9-5-3-6-10-13)14-11-7-4-8-12-14/h3-12,15H,2,21H2,1H3,(H,24,25). The van der Waals surface area contributed by atoms with Crippen molar-refractivity contribution in [2.75, 3.05) is 6.61 Å². The van der Waals surface area contributed by atoms with E-state index in [1.165, 1.54) is 6.92 Å². The monoisotopic (exact) mass is 369 g/mol. The lowest BCUT2D eigenvalue weighted by Crippen LogP contribution is -2.65. The molecule has 0 radical (unpaired) electrons. The molecule has 0 bridgehead atoms. The molecular weight excluding hydrogens is 350 g/mol. The SMILES string of the molecule is CCOC(=O)C(N)(C(=O)C(=O)O)C(=O)C(c1ccccc1)c1ccccc1. The summed E-state index contributed by atoms with van der Waals surface area (Å²) in [6.45, 7) is 1.29. The Morgan fingerprint density at radius 2 is 1.41 bits per heavy atom. The third-order valence-electron chi connectivity index (χ3n) is 4.07. The van der Waals surface area contributed by atoms with Crippen LogP contribution in [0, 0.1) is 0 Å². The first-order chi connectivity index (χ1) is 12.8. The quantitative estimate of drug-likeness (QED) is 0.408. The molecule has 27 heavy (non-hydrogen) atoms. The van der Waals surface area contributed by atoms with Gasteiger partial charge in [-0.15, -0.1) is 0 Å². The summed E-state index contributed by atoms with van der Waals surface area (Å²) in [4.78, 5) is 49.2. The number of Topliss-reactive ketones (excluding diaryl/α,β-unsaturated/α-hetero) is 2. The minimum atomic E-state index is -2.96. The normalized spacial score (nSPS) is 12.9. The molecule has 1 atom stereocenters. The number of hydrogen-bond donors (Lipinski definition) is 2. The van der Waals surface area contributed by atoms with E-state index in [9.17, 15) is 19.2 Å². The van der Waals surface area contributed by atoms with Gasteiger partial charge in [0.2, 0.25) is 5.54 Å². The Hall–Kier alpha value is -3.32. The fraction of sp³-hybridized carbons (Fsp3) is 0.200. The molecule has 0 saturated carbocycles. The lowest BCUT2D eigenvalue weighted by Gasteiger charge is -2.27. The summed E-state index contributed by atoms with van der Waals surface area (Å²) in [6, 6.07) is 16.7. The van der Waals surface area contributed by atoms with E-state index in [1.54, 1.807) is 60.7 Å². The zero-order chi connectivity index (χ0) is 20.0. The summed E-state index contributed by atoms with van der Waals surface area (Å²) in [5.41, 5.74) is 3.80. The van der Waals surface area contributed by atoms with Gasteiger partial charge in [0, 0.05) is 0 Å². The molecular formula is C20H19NO6. The summed E-state index contributed by atoms with van der Waals surface area (Å²) >= 11 is 0. The Kier molecular flexibility index (Phi) is 6.20. The zero-order valence-corrected chi connectivity index (χ0v) is 14.6. The molecule has 0 saturated heterocycles. The van der Waals surface area contributed by atoms with Crippen molar-refractivity contribution in [2.24, 2.45) is 5.73 Å². The summed E-state index contributed by atoms with van der Waals surface area (Å²) in [5.74, 6) is -7.29. The van der Waals surface area contributed by atoms with Gasteiger partial charge >= 0.3 is 11.9 Å². The highest BCUT2D eigenvalue weighted by Gasteiger charge is 2.55. The van der Waals surface area contributed by atoms with Gasteiger partial charge in [-0.1, -0.05) is 60.7 Å². The van der Waals surface area contributed by atoms with Crippen LogP contribution in [0.5, 0.6) is 0 Å². The van der Waals surface area contributed by atoms with Crippen molar-refractivity contribution >= 4 is 23.5 Å². The van der Waals surface area contributed by atoms with Gasteiger partial charge in [0.25, 0.3) is 5.78 Å². The highest BCUT2D eigenvalue weighted by Crippen LogP contribution is 2.30.